The Bertz CT molecular complexity index is 575. The number of ether oxygens (including phenoxy) is 1. The van der Waals surface area contributed by atoms with Crippen LogP contribution in [0, 0.1) is 5.82 Å². The minimum Gasteiger partial charge on any atom is -0.497 e. The molecule has 0 saturated carbocycles. The maximum Gasteiger partial charge on any atom is 0.136 e. The van der Waals surface area contributed by atoms with Gasteiger partial charge in [0.25, 0.3) is 0 Å². The molecule has 3 nitrogen and oxygen atoms in total. The van der Waals surface area contributed by atoms with E-state index in [1.54, 1.807) is 18.2 Å². The van der Waals surface area contributed by atoms with E-state index >= 15 is 0 Å². The number of aryl methyl sites for hydroxylation is 1. The summed E-state index contributed by atoms with van der Waals surface area (Å²) in [5.41, 5.74) is 1.00. The van der Waals surface area contributed by atoms with E-state index in [4.69, 9.17) is 4.74 Å². The largest absolute Gasteiger partial charge is 0.497 e. The molecule has 0 aliphatic rings. The molecule has 2 rings (SSSR count). The zero-order chi connectivity index (χ0) is 13.1. The minimum atomic E-state index is -0.359. The fraction of sp³-hybridized carbons (Fsp3) is 0.231. The van der Waals surface area contributed by atoms with Gasteiger partial charge in [0, 0.05) is 18.1 Å². The van der Waals surface area contributed by atoms with Gasteiger partial charge >= 0.3 is 0 Å². The van der Waals surface area contributed by atoms with Crippen LogP contribution in [0.4, 0.5) is 4.39 Å². The summed E-state index contributed by atoms with van der Waals surface area (Å²) in [6, 6.07) is 6.41. The monoisotopic (exact) mass is 310 g/mol. The second-order valence-electron chi connectivity index (χ2n) is 3.69. The van der Waals surface area contributed by atoms with Gasteiger partial charge in [-0.05, 0) is 34.1 Å². The Morgan fingerprint density at radius 1 is 1.28 bits per heavy atom. The smallest absolute Gasteiger partial charge is 0.136 e. The highest BCUT2D eigenvalue weighted by Crippen LogP contribution is 2.26. The lowest BCUT2D eigenvalue weighted by atomic mass is 10.1. The molecule has 0 saturated heterocycles. The zero-order valence-corrected chi connectivity index (χ0v) is 11.7. The van der Waals surface area contributed by atoms with Crippen molar-refractivity contribution in [2.75, 3.05) is 7.11 Å². The predicted octanol–water partition coefficient (Wildman–Crippen LogP) is 3.62. The summed E-state index contributed by atoms with van der Waals surface area (Å²) in [7, 11) is 1.50. The lowest BCUT2D eigenvalue weighted by molar-refractivity contribution is 0.411. The molecule has 0 amide bonds. The molecular weight excluding hydrogens is 299 g/mol. The molecule has 0 bridgehead atoms. The number of benzene rings is 1. The summed E-state index contributed by atoms with van der Waals surface area (Å²) < 4.78 is 19.6. The van der Waals surface area contributed by atoms with Crippen LogP contribution in [0.5, 0.6) is 5.75 Å². The third kappa shape index (κ3) is 2.67. The highest BCUT2D eigenvalue weighted by atomic mass is 79.9. The van der Waals surface area contributed by atoms with Crippen molar-refractivity contribution >= 4 is 15.9 Å². The van der Waals surface area contributed by atoms with Crippen LogP contribution in [-0.4, -0.2) is 17.1 Å². The van der Waals surface area contributed by atoms with E-state index in [0.717, 1.165) is 0 Å². The highest BCUT2D eigenvalue weighted by molar-refractivity contribution is 9.10. The standard InChI is InChI=1S/C13H12BrFN2O/c1-3-13-16-11(7-12(14)17-13)9-5-4-8(18-2)6-10(9)15/h4-7H,3H2,1-2H3. The van der Waals surface area contributed by atoms with Crippen molar-refractivity contribution in [1.29, 1.82) is 0 Å². The number of methoxy groups -OCH3 is 1. The molecule has 1 aromatic heterocycles. The molecule has 5 heteroatoms. The van der Waals surface area contributed by atoms with Crippen LogP contribution in [0.25, 0.3) is 11.3 Å². The van der Waals surface area contributed by atoms with Crippen LogP contribution in [0.15, 0.2) is 28.9 Å². The van der Waals surface area contributed by atoms with Crippen LogP contribution in [-0.2, 0) is 6.42 Å². The summed E-state index contributed by atoms with van der Waals surface area (Å²) in [5.74, 6) is 0.802. The van der Waals surface area contributed by atoms with Gasteiger partial charge < -0.3 is 4.74 Å². The van der Waals surface area contributed by atoms with Crippen LogP contribution in [0.3, 0.4) is 0 Å². The summed E-state index contributed by atoms with van der Waals surface area (Å²) in [5, 5.41) is 0. The van der Waals surface area contributed by atoms with Crippen molar-refractivity contribution in [1.82, 2.24) is 9.97 Å². The van der Waals surface area contributed by atoms with E-state index in [-0.39, 0.29) is 5.82 Å². The van der Waals surface area contributed by atoms with Gasteiger partial charge in [-0.15, -0.1) is 0 Å². The van der Waals surface area contributed by atoms with Crippen molar-refractivity contribution in [3.05, 3.63) is 40.5 Å². The second-order valence-corrected chi connectivity index (χ2v) is 4.50. The maximum atomic E-state index is 13.9. The molecule has 0 N–H and O–H groups in total. The van der Waals surface area contributed by atoms with Crippen molar-refractivity contribution in [2.24, 2.45) is 0 Å². The topological polar surface area (TPSA) is 35.0 Å². The van der Waals surface area contributed by atoms with E-state index in [2.05, 4.69) is 25.9 Å². The van der Waals surface area contributed by atoms with Gasteiger partial charge in [-0.1, -0.05) is 6.92 Å². The number of hydrogen-bond acceptors (Lipinski definition) is 3. The first-order valence-electron chi connectivity index (χ1n) is 5.51. The van der Waals surface area contributed by atoms with E-state index in [1.807, 2.05) is 6.92 Å². The second kappa shape index (κ2) is 5.44. The predicted molar refractivity (Wildman–Crippen MR) is 71.1 cm³/mol. The minimum absolute atomic E-state index is 0.359. The molecule has 1 heterocycles. The average molecular weight is 311 g/mol. The van der Waals surface area contributed by atoms with Crippen LogP contribution >= 0.6 is 15.9 Å². The van der Waals surface area contributed by atoms with Crippen molar-refractivity contribution < 1.29 is 9.13 Å². The van der Waals surface area contributed by atoms with Gasteiger partial charge in [-0.2, -0.15) is 0 Å². The van der Waals surface area contributed by atoms with E-state index in [0.29, 0.717) is 33.9 Å². The summed E-state index contributed by atoms with van der Waals surface area (Å²) >= 11 is 3.31. The van der Waals surface area contributed by atoms with E-state index in [1.165, 1.54) is 13.2 Å². The Hall–Kier alpha value is -1.49. The summed E-state index contributed by atoms with van der Waals surface area (Å²) in [6.45, 7) is 1.95. The van der Waals surface area contributed by atoms with Crippen molar-refractivity contribution in [3.8, 4) is 17.0 Å². The Morgan fingerprint density at radius 3 is 2.67 bits per heavy atom. The molecule has 0 aliphatic carbocycles. The van der Waals surface area contributed by atoms with Gasteiger partial charge in [0.05, 0.1) is 12.8 Å². The third-order valence-electron chi connectivity index (χ3n) is 2.51. The lowest BCUT2D eigenvalue weighted by Crippen LogP contribution is -1.97. The first kappa shape index (κ1) is 13.0. The van der Waals surface area contributed by atoms with Gasteiger partial charge in [0.15, 0.2) is 0 Å². The third-order valence-corrected chi connectivity index (χ3v) is 2.92. The Morgan fingerprint density at radius 2 is 2.06 bits per heavy atom. The first-order chi connectivity index (χ1) is 8.63. The van der Waals surface area contributed by atoms with Crippen molar-refractivity contribution in [2.45, 2.75) is 13.3 Å². The SMILES string of the molecule is CCc1nc(Br)cc(-c2ccc(OC)cc2F)n1. The van der Waals surface area contributed by atoms with Crippen LogP contribution in [0.2, 0.25) is 0 Å². The Kier molecular flexibility index (Phi) is 3.91. The first-order valence-corrected chi connectivity index (χ1v) is 6.30. The number of hydrogen-bond donors (Lipinski definition) is 0. The molecule has 0 atom stereocenters. The molecule has 0 spiro atoms. The normalized spacial score (nSPS) is 10.4. The van der Waals surface area contributed by atoms with Gasteiger partial charge in [0.2, 0.25) is 0 Å². The maximum absolute atomic E-state index is 13.9. The molecule has 0 fully saturated rings. The molecular formula is C13H12BrFN2O. The fourth-order valence-corrected chi connectivity index (χ4v) is 2.01. The molecule has 0 aliphatic heterocycles. The summed E-state index contributed by atoms with van der Waals surface area (Å²) in [4.78, 5) is 8.52. The van der Waals surface area contributed by atoms with Crippen molar-refractivity contribution in [3.63, 3.8) is 0 Å². The lowest BCUT2D eigenvalue weighted by Gasteiger charge is -2.07. The Balaban J connectivity index is 2.51. The quantitative estimate of drug-likeness (QED) is 0.812. The molecule has 1 aromatic carbocycles. The average Bonchev–Trinajstić information content (AvgIpc) is 2.37. The van der Waals surface area contributed by atoms with E-state index in [9.17, 15) is 4.39 Å². The fourth-order valence-electron chi connectivity index (χ4n) is 1.59. The molecule has 94 valence electrons. The molecule has 18 heavy (non-hydrogen) atoms. The number of nitrogens with zero attached hydrogens (tertiary/aromatic N) is 2. The van der Waals surface area contributed by atoms with Crippen LogP contribution in [0.1, 0.15) is 12.7 Å². The Labute approximate surface area is 113 Å². The van der Waals surface area contributed by atoms with E-state index < -0.39 is 0 Å². The zero-order valence-electron chi connectivity index (χ0n) is 10.1. The molecule has 0 radical (unpaired) electrons. The number of halogens is 2. The number of aromatic nitrogens is 2. The molecule has 2 aromatic rings. The summed E-state index contributed by atoms with van der Waals surface area (Å²) in [6.07, 6.45) is 0.699. The molecule has 0 unspecified atom stereocenters. The van der Waals surface area contributed by atoms with Gasteiger partial charge in [0.1, 0.15) is 22.0 Å². The van der Waals surface area contributed by atoms with Crippen LogP contribution < -0.4 is 4.74 Å². The highest BCUT2D eigenvalue weighted by Gasteiger charge is 2.10. The number of rotatable bonds is 3. The van der Waals surface area contributed by atoms with Gasteiger partial charge in [-0.3, -0.25) is 0 Å². The van der Waals surface area contributed by atoms with Gasteiger partial charge in [-0.25, -0.2) is 14.4 Å².